The fourth-order valence-electron chi connectivity index (χ4n) is 1.56. The van der Waals surface area contributed by atoms with Gasteiger partial charge in [0.25, 0.3) is 0 Å². The van der Waals surface area contributed by atoms with Gasteiger partial charge in [0.15, 0.2) is 5.82 Å². The van der Waals surface area contributed by atoms with Crippen molar-refractivity contribution < 1.29 is 0 Å². The third-order valence-electron chi connectivity index (χ3n) is 2.33. The van der Waals surface area contributed by atoms with Crippen molar-refractivity contribution >= 4 is 15.9 Å². The monoisotopic (exact) mass is 280 g/mol. The van der Waals surface area contributed by atoms with Crippen molar-refractivity contribution in [2.24, 2.45) is 0 Å². The summed E-state index contributed by atoms with van der Waals surface area (Å²) in [4.78, 5) is 8.61. The molecule has 0 saturated heterocycles. The number of hydrogen-bond acceptors (Lipinski definition) is 3. The van der Waals surface area contributed by atoms with Gasteiger partial charge in [0.1, 0.15) is 5.82 Å². The zero-order valence-electron chi connectivity index (χ0n) is 9.53. The van der Waals surface area contributed by atoms with E-state index in [0.717, 1.165) is 28.4 Å². The summed E-state index contributed by atoms with van der Waals surface area (Å²) in [6.07, 6.45) is 1.99. The molecule has 2 aromatic heterocycles. The minimum atomic E-state index is 0.767. The molecule has 2 rings (SSSR count). The zero-order valence-corrected chi connectivity index (χ0v) is 11.1. The van der Waals surface area contributed by atoms with Crippen molar-refractivity contribution in [3.05, 3.63) is 35.0 Å². The molecule has 2 heterocycles. The van der Waals surface area contributed by atoms with E-state index in [-0.39, 0.29) is 0 Å². The fourth-order valence-corrected chi connectivity index (χ4v) is 2.11. The van der Waals surface area contributed by atoms with Crippen molar-refractivity contribution in [1.29, 1.82) is 0 Å². The summed E-state index contributed by atoms with van der Waals surface area (Å²) in [5.74, 6) is 1.59. The van der Waals surface area contributed by atoms with E-state index in [4.69, 9.17) is 0 Å². The van der Waals surface area contributed by atoms with E-state index in [1.807, 2.05) is 33.0 Å². The molecule has 0 aliphatic carbocycles. The predicted molar refractivity (Wildman–Crippen MR) is 66.0 cm³/mol. The van der Waals surface area contributed by atoms with Crippen LogP contribution in [0.2, 0.25) is 0 Å². The van der Waals surface area contributed by atoms with Crippen LogP contribution in [0.5, 0.6) is 0 Å². The molecule has 0 amide bonds. The van der Waals surface area contributed by atoms with Crippen molar-refractivity contribution in [3.8, 4) is 5.82 Å². The smallest absolute Gasteiger partial charge is 0.157 e. The lowest BCUT2D eigenvalue weighted by atomic mass is 10.3. The van der Waals surface area contributed by atoms with Gasteiger partial charge < -0.3 is 0 Å². The number of aromatic nitrogens is 4. The lowest BCUT2D eigenvalue weighted by Crippen LogP contribution is -2.02. The molecule has 0 bridgehead atoms. The third kappa shape index (κ3) is 2.14. The van der Waals surface area contributed by atoms with Crippen LogP contribution >= 0.6 is 15.9 Å². The first kappa shape index (κ1) is 11.3. The number of hydrogen-bond donors (Lipinski definition) is 0. The molecule has 0 atom stereocenters. The molecule has 0 fully saturated rings. The molecule has 0 N–H and O–H groups in total. The Balaban J connectivity index is 2.49. The quantitative estimate of drug-likeness (QED) is 0.794. The molecule has 0 unspecified atom stereocenters. The zero-order chi connectivity index (χ0) is 11.7. The predicted octanol–water partition coefficient (Wildman–Crippen LogP) is 2.48. The Morgan fingerprint density at radius 2 is 2.00 bits per heavy atom. The van der Waals surface area contributed by atoms with Gasteiger partial charge in [-0.25, -0.2) is 14.6 Å². The summed E-state index contributed by atoms with van der Waals surface area (Å²) in [6.45, 7) is 5.84. The van der Waals surface area contributed by atoms with Crippen molar-refractivity contribution in [3.63, 3.8) is 0 Å². The number of rotatable bonds is 2. The first-order valence-corrected chi connectivity index (χ1v) is 6.16. The summed E-state index contributed by atoms with van der Waals surface area (Å²) in [7, 11) is 0. The molecule has 0 radical (unpaired) electrons. The van der Waals surface area contributed by atoms with Gasteiger partial charge in [-0.1, -0.05) is 15.9 Å². The van der Waals surface area contributed by atoms with E-state index < -0.39 is 0 Å². The molecule has 84 valence electrons. The number of nitrogens with zero attached hydrogens (tertiary/aromatic N) is 4. The highest BCUT2D eigenvalue weighted by Crippen LogP contribution is 2.13. The molecule has 0 aliphatic heterocycles. The molecule has 0 aliphatic rings. The highest BCUT2D eigenvalue weighted by atomic mass is 79.9. The van der Waals surface area contributed by atoms with Crippen LogP contribution < -0.4 is 0 Å². The Morgan fingerprint density at radius 3 is 2.56 bits per heavy atom. The SMILES string of the molecule is Cc1cc(-n2cc(CBr)c(C)n2)nc(C)n1. The second-order valence-electron chi connectivity index (χ2n) is 3.73. The minimum absolute atomic E-state index is 0.767. The van der Waals surface area contributed by atoms with Gasteiger partial charge in [-0.05, 0) is 20.8 Å². The molecule has 0 spiro atoms. The molecular weight excluding hydrogens is 268 g/mol. The van der Waals surface area contributed by atoms with Gasteiger partial charge in [0.2, 0.25) is 0 Å². The Hall–Kier alpha value is -1.23. The number of aryl methyl sites for hydroxylation is 3. The average Bonchev–Trinajstić information content (AvgIpc) is 2.58. The summed E-state index contributed by atoms with van der Waals surface area (Å²) in [6, 6.07) is 1.93. The van der Waals surface area contributed by atoms with E-state index in [0.29, 0.717) is 0 Å². The van der Waals surface area contributed by atoms with Crippen LogP contribution in [-0.4, -0.2) is 19.7 Å². The van der Waals surface area contributed by atoms with Gasteiger partial charge in [0.05, 0.1) is 5.69 Å². The molecule has 16 heavy (non-hydrogen) atoms. The van der Waals surface area contributed by atoms with Gasteiger partial charge >= 0.3 is 0 Å². The largest absolute Gasteiger partial charge is 0.238 e. The summed E-state index contributed by atoms with van der Waals surface area (Å²) in [5, 5.41) is 5.24. The first-order valence-electron chi connectivity index (χ1n) is 5.04. The topological polar surface area (TPSA) is 43.6 Å². The van der Waals surface area contributed by atoms with Gasteiger partial charge in [-0.2, -0.15) is 5.10 Å². The molecule has 0 saturated carbocycles. The average molecular weight is 281 g/mol. The van der Waals surface area contributed by atoms with E-state index in [1.165, 1.54) is 5.56 Å². The maximum atomic E-state index is 4.43. The van der Waals surface area contributed by atoms with Crippen LogP contribution in [0.4, 0.5) is 0 Å². The lowest BCUT2D eigenvalue weighted by molar-refractivity contribution is 0.811. The van der Waals surface area contributed by atoms with E-state index in [9.17, 15) is 0 Å². The van der Waals surface area contributed by atoms with E-state index in [1.54, 1.807) is 4.68 Å². The Kier molecular flexibility index (Phi) is 3.05. The Bertz CT molecular complexity index is 498. The van der Waals surface area contributed by atoms with Crippen molar-refractivity contribution in [2.75, 3.05) is 0 Å². The van der Waals surface area contributed by atoms with Crippen LogP contribution in [0.3, 0.4) is 0 Å². The Morgan fingerprint density at radius 1 is 1.25 bits per heavy atom. The molecule has 0 aromatic carbocycles. The highest BCUT2D eigenvalue weighted by molar-refractivity contribution is 9.08. The van der Waals surface area contributed by atoms with E-state index in [2.05, 4.69) is 31.0 Å². The number of halogens is 1. The Labute approximate surface area is 103 Å². The normalized spacial score (nSPS) is 10.8. The summed E-state index contributed by atoms with van der Waals surface area (Å²) in [5.41, 5.74) is 3.15. The molecule has 2 aromatic rings. The summed E-state index contributed by atoms with van der Waals surface area (Å²) < 4.78 is 1.80. The van der Waals surface area contributed by atoms with Gasteiger partial charge in [0, 0.05) is 28.9 Å². The second kappa shape index (κ2) is 4.33. The maximum absolute atomic E-state index is 4.43. The van der Waals surface area contributed by atoms with Crippen LogP contribution in [0, 0.1) is 20.8 Å². The van der Waals surface area contributed by atoms with Crippen LogP contribution in [0.25, 0.3) is 5.82 Å². The van der Waals surface area contributed by atoms with Crippen LogP contribution in [0.15, 0.2) is 12.3 Å². The summed E-state index contributed by atoms with van der Waals surface area (Å²) >= 11 is 3.44. The van der Waals surface area contributed by atoms with Crippen LogP contribution in [0.1, 0.15) is 22.8 Å². The maximum Gasteiger partial charge on any atom is 0.157 e. The van der Waals surface area contributed by atoms with Crippen molar-refractivity contribution in [1.82, 2.24) is 19.7 Å². The van der Waals surface area contributed by atoms with Gasteiger partial charge in [-0.3, -0.25) is 0 Å². The third-order valence-corrected chi connectivity index (χ3v) is 2.94. The van der Waals surface area contributed by atoms with E-state index >= 15 is 0 Å². The number of alkyl halides is 1. The van der Waals surface area contributed by atoms with Gasteiger partial charge in [-0.15, -0.1) is 0 Å². The standard InChI is InChI=1S/C11H13BrN4/c1-7-4-11(14-9(3)13-7)16-6-10(5-12)8(2)15-16/h4,6H,5H2,1-3H3. The molecular formula is C11H13BrN4. The highest BCUT2D eigenvalue weighted by Gasteiger charge is 2.07. The second-order valence-corrected chi connectivity index (χ2v) is 4.29. The lowest BCUT2D eigenvalue weighted by Gasteiger charge is -2.02. The minimum Gasteiger partial charge on any atom is -0.238 e. The van der Waals surface area contributed by atoms with Crippen LogP contribution in [-0.2, 0) is 5.33 Å². The van der Waals surface area contributed by atoms with Crippen molar-refractivity contribution in [2.45, 2.75) is 26.1 Å². The first-order chi connectivity index (χ1) is 7.60. The molecule has 4 nitrogen and oxygen atoms in total. The fraction of sp³-hybridized carbons (Fsp3) is 0.364. The molecule has 5 heteroatoms.